The summed E-state index contributed by atoms with van der Waals surface area (Å²) in [6.45, 7) is 0. The maximum absolute atomic E-state index is 6.04. The highest BCUT2D eigenvalue weighted by Crippen LogP contribution is 2.34. The van der Waals surface area contributed by atoms with Crippen molar-refractivity contribution in [3.63, 3.8) is 0 Å². The SMILES string of the molecule is CSc1ccccc1Oc1ncc(CCl)c2ccccc12. The van der Waals surface area contributed by atoms with E-state index < -0.39 is 0 Å². The third-order valence-electron chi connectivity index (χ3n) is 3.26. The first-order valence-electron chi connectivity index (χ1n) is 6.57. The fourth-order valence-corrected chi connectivity index (χ4v) is 2.96. The van der Waals surface area contributed by atoms with Gasteiger partial charge in [-0.15, -0.1) is 23.4 Å². The fraction of sp³-hybridized carbons (Fsp3) is 0.118. The van der Waals surface area contributed by atoms with Gasteiger partial charge in [0, 0.05) is 22.4 Å². The summed E-state index contributed by atoms with van der Waals surface area (Å²) in [6, 6.07) is 16.0. The summed E-state index contributed by atoms with van der Waals surface area (Å²) in [6.07, 6.45) is 3.82. The van der Waals surface area contributed by atoms with Crippen molar-refractivity contribution < 1.29 is 4.74 Å². The number of hydrogen-bond donors (Lipinski definition) is 0. The second-order valence-electron chi connectivity index (χ2n) is 4.52. The molecule has 0 unspecified atom stereocenters. The lowest BCUT2D eigenvalue weighted by atomic mass is 10.1. The van der Waals surface area contributed by atoms with E-state index in [2.05, 4.69) is 4.98 Å². The molecule has 106 valence electrons. The smallest absolute Gasteiger partial charge is 0.227 e. The number of fused-ring (bicyclic) bond motifs is 1. The molecule has 4 heteroatoms. The number of pyridine rings is 1. The van der Waals surface area contributed by atoms with Crippen molar-refractivity contribution in [2.45, 2.75) is 10.8 Å². The number of halogens is 1. The van der Waals surface area contributed by atoms with Crippen molar-refractivity contribution in [1.29, 1.82) is 0 Å². The minimum absolute atomic E-state index is 0.440. The molecule has 1 aromatic heterocycles. The van der Waals surface area contributed by atoms with Gasteiger partial charge in [0.1, 0.15) is 5.75 Å². The predicted molar refractivity (Wildman–Crippen MR) is 89.6 cm³/mol. The summed E-state index contributed by atoms with van der Waals surface area (Å²) < 4.78 is 6.04. The van der Waals surface area contributed by atoms with Crippen molar-refractivity contribution in [2.24, 2.45) is 0 Å². The summed E-state index contributed by atoms with van der Waals surface area (Å²) in [5, 5.41) is 2.06. The molecule has 1 heterocycles. The normalized spacial score (nSPS) is 10.8. The first kappa shape index (κ1) is 14.2. The van der Waals surface area contributed by atoms with Crippen LogP contribution in [0.1, 0.15) is 5.56 Å². The fourth-order valence-electron chi connectivity index (χ4n) is 2.22. The Morgan fingerprint density at radius 3 is 2.52 bits per heavy atom. The number of aromatic nitrogens is 1. The molecule has 2 nitrogen and oxygen atoms in total. The number of ether oxygens (including phenoxy) is 1. The van der Waals surface area contributed by atoms with E-state index in [-0.39, 0.29) is 0 Å². The largest absolute Gasteiger partial charge is 0.437 e. The third kappa shape index (κ3) is 2.85. The highest BCUT2D eigenvalue weighted by Gasteiger charge is 2.10. The van der Waals surface area contributed by atoms with E-state index in [9.17, 15) is 0 Å². The van der Waals surface area contributed by atoms with Crippen LogP contribution in [-0.2, 0) is 5.88 Å². The maximum Gasteiger partial charge on any atom is 0.227 e. The molecule has 21 heavy (non-hydrogen) atoms. The Morgan fingerprint density at radius 1 is 1.05 bits per heavy atom. The quantitative estimate of drug-likeness (QED) is 0.469. The standard InChI is InChI=1S/C17H14ClNOS/c1-21-16-9-5-4-8-15(16)20-17-14-7-3-2-6-13(14)12(10-18)11-19-17/h2-9,11H,10H2,1H3. The molecule has 0 aliphatic heterocycles. The van der Waals surface area contributed by atoms with Crippen LogP contribution in [0.3, 0.4) is 0 Å². The van der Waals surface area contributed by atoms with Gasteiger partial charge in [-0.1, -0.05) is 30.3 Å². The van der Waals surface area contributed by atoms with Crippen LogP contribution in [0.2, 0.25) is 0 Å². The summed E-state index contributed by atoms with van der Waals surface area (Å²) >= 11 is 7.64. The molecule has 0 spiro atoms. The van der Waals surface area contributed by atoms with E-state index in [1.807, 2.05) is 54.8 Å². The van der Waals surface area contributed by atoms with E-state index in [1.54, 1.807) is 18.0 Å². The van der Waals surface area contributed by atoms with Crippen LogP contribution < -0.4 is 4.74 Å². The average Bonchev–Trinajstić information content (AvgIpc) is 2.55. The van der Waals surface area contributed by atoms with E-state index in [0.29, 0.717) is 11.8 Å². The van der Waals surface area contributed by atoms with Crippen molar-refractivity contribution in [3.8, 4) is 11.6 Å². The summed E-state index contributed by atoms with van der Waals surface area (Å²) in [4.78, 5) is 5.52. The maximum atomic E-state index is 6.04. The third-order valence-corrected chi connectivity index (χ3v) is 4.33. The Kier molecular flexibility index (Phi) is 4.32. The molecule has 0 radical (unpaired) electrons. The summed E-state index contributed by atoms with van der Waals surface area (Å²) in [7, 11) is 0. The number of hydrogen-bond acceptors (Lipinski definition) is 3. The second-order valence-corrected chi connectivity index (χ2v) is 5.64. The van der Waals surface area contributed by atoms with Gasteiger partial charge in [0.2, 0.25) is 5.88 Å². The number of para-hydroxylation sites is 1. The molecule has 0 atom stereocenters. The molecule has 0 saturated heterocycles. The van der Waals surface area contributed by atoms with Crippen molar-refractivity contribution in [2.75, 3.05) is 6.26 Å². The Hall–Kier alpha value is -1.71. The number of benzene rings is 2. The van der Waals surface area contributed by atoms with Crippen LogP contribution in [0.15, 0.2) is 59.6 Å². The molecule has 2 aromatic carbocycles. The molecule has 0 aliphatic rings. The van der Waals surface area contributed by atoms with Gasteiger partial charge in [0.15, 0.2) is 0 Å². The minimum atomic E-state index is 0.440. The Balaban J connectivity index is 2.09. The zero-order chi connectivity index (χ0) is 14.7. The van der Waals surface area contributed by atoms with Gasteiger partial charge >= 0.3 is 0 Å². The molecule has 0 fully saturated rings. The van der Waals surface area contributed by atoms with Crippen molar-refractivity contribution in [3.05, 3.63) is 60.3 Å². The zero-order valence-electron chi connectivity index (χ0n) is 11.5. The number of thioether (sulfide) groups is 1. The predicted octanol–water partition coefficient (Wildman–Crippen LogP) is 5.49. The Bertz CT molecular complexity index is 776. The lowest BCUT2D eigenvalue weighted by molar-refractivity contribution is 0.458. The lowest BCUT2D eigenvalue weighted by Crippen LogP contribution is -1.93. The highest BCUT2D eigenvalue weighted by atomic mass is 35.5. The van der Waals surface area contributed by atoms with Gasteiger partial charge < -0.3 is 4.74 Å². The van der Waals surface area contributed by atoms with Gasteiger partial charge in [0.05, 0.1) is 0 Å². The minimum Gasteiger partial charge on any atom is -0.437 e. The van der Waals surface area contributed by atoms with Gasteiger partial charge in [-0.25, -0.2) is 4.98 Å². The highest BCUT2D eigenvalue weighted by molar-refractivity contribution is 7.98. The van der Waals surface area contributed by atoms with Gasteiger partial charge in [0.25, 0.3) is 0 Å². The molecule has 0 N–H and O–H groups in total. The monoisotopic (exact) mass is 315 g/mol. The van der Waals surface area contributed by atoms with Gasteiger partial charge in [-0.3, -0.25) is 0 Å². The first-order chi connectivity index (χ1) is 10.3. The molecule has 0 amide bonds. The molecular weight excluding hydrogens is 302 g/mol. The number of rotatable bonds is 4. The van der Waals surface area contributed by atoms with E-state index in [1.165, 1.54) is 0 Å². The molecule has 0 bridgehead atoms. The number of nitrogens with zero attached hydrogens (tertiary/aromatic N) is 1. The summed E-state index contributed by atoms with van der Waals surface area (Å²) in [5.74, 6) is 1.87. The average molecular weight is 316 g/mol. The van der Waals surface area contributed by atoms with E-state index in [4.69, 9.17) is 16.3 Å². The van der Waals surface area contributed by atoms with Crippen molar-refractivity contribution in [1.82, 2.24) is 4.98 Å². The molecule has 0 saturated carbocycles. The molecule has 3 rings (SSSR count). The van der Waals surface area contributed by atoms with Crippen molar-refractivity contribution >= 4 is 34.1 Å². The van der Waals surface area contributed by atoms with E-state index in [0.717, 1.165) is 27.0 Å². The van der Waals surface area contributed by atoms with Gasteiger partial charge in [-0.05, 0) is 35.4 Å². The Morgan fingerprint density at radius 2 is 1.76 bits per heavy atom. The Labute approximate surface area is 133 Å². The molecular formula is C17H14ClNOS. The van der Waals surface area contributed by atoms with Gasteiger partial charge in [-0.2, -0.15) is 0 Å². The second kappa shape index (κ2) is 6.37. The zero-order valence-corrected chi connectivity index (χ0v) is 13.1. The summed E-state index contributed by atoms with van der Waals surface area (Å²) in [5.41, 5.74) is 1.01. The van der Waals surface area contributed by atoms with Crippen LogP contribution in [0.25, 0.3) is 10.8 Å². The topological polar surface area (TPSA) is 22.1 Å². The van der Waals surface area contributed by atoms with Crippen LogP contribution in [0.5, 0.6) is 11.6 Å². The number of alkyl halides is 1. The molecule has 3 aromatic rings. The van der Waals surface area contributed by atoms with Crippen LogP contribution >= 0.6 is 23.4 Å². The van der Waals surface area contributed by atoms with E-state index >= 15 is 0 Å². The van der Waals surface area contributed by atoms with Crippen LogP contribution in [0.4, 0.5) is 0 Å². The lowest BCUT2D eigenvalue weighted by Gasteiger charge is -2.12. The molecule has 0 aliphatic carbocycles. The van der Waals surface area contributed by atoms with Crippen LogP contribution in [-0.4, -0.2) is 11.2 Å². The van der Waals surface area contributed by atoms with Crippen LogP contribution in [0, 0.1) is 0 Å². The first-order valence-corrected chi connectivity index (χ1v) is 8.33.